The number of aryl methyl sites for hydroxylation is 1. The van der Waals surface area contributed by atoms with Gasteiger partial charge in [-0.05, 0) is 142 Å². The third-order valence-electron chi connectivity index (χ3n) is 18.4. The van der Waals surface area contributed by atoms with Crippen molar-refractivity contribution >= 4 is 70.5 Å². The fraction of sp³-hybridized carbons (Fsp3) is 0.442. The summed E-state index contributed by atoms with van der Waals surface area (Å²) in [7, 11) is 6.18. The molecule has 5 aromatic carbocycles. The molecule has 2 bridgehead atoms. The van der Waals surface area contributed by atoms with Crippen LogP contribution in [-0.4, -0.2) is 163 Å². The van der Waals surface area contributed by atoms with E-state index in [1.165, 1.54) is 59.8 Å². The average Bonchev–Trinajstić information content (AvgIpc) is 1.80. The number of carbonyl (C=O) groups is 11. The van der Waals surface area contributed by atoms with Gasteiger partial charge in [0, 0.05) is 83.3 Å². The molecular weight excluding hydrogens is 1260 g/mol. The molecule has 7 amide bonds. The molecule has 6 atom stereocenters. The molecule has 2 saturated heterocycles. The highest BCUT2D eigenvalue weighted by Crippen LogP contribution is 2.34. The first kappa shape index (κ1) is 74.8. The molecule has 0 radical (unpaired) electrons. The second-order valence-corrected chi connectivity index (χ2v) is 26.7. The van der Waals surface area contributed by atoms with Crippen LogP contribution in [0.15, 0.2) is 140 Å². The quantitative estimate of drug-likeness (QED) is 0.0733. The molecule has 8 rings (SSSR count). The van der Waals surface area contributed by atoms with Crippen LogP contribution in [0.2, 0.25) is 0 Å². The lowest BCUT2D eigenvalue weighted by Gasteiger charge is -2.36. The average molecular weight is 1360 g/mol. The maximum atomic E-state index is 15.3. The smallest absolute Gasteiger partial charge is 0.330 e. The number of ether oxygens (including phenoxy) is 4. The molecule has 3 aliphatic heterocycles. The predicted molar refractivity (Wildman–Crippen MR) is 371 cm³/mol. The number of ketones is 2. The Balaban J connectivity index is 1.09. The van der Waals surface area contributed by atoms with Gasteiger partial charge in [0.2, 0.25) is 35.3 Å². The Morgan fingerprint density at radius 3 is 2.06 bits per heavy atom. The van der Waals surface area contributed by atoms with E-state index in [4.69, 9.17) is 18.9 Å². The Kier molecular flexibility index (Phi) is 26.8. The zero-order valence-corrected chi connectivity index (χ0v) is 58.0. The third-order valence-corrected chi connectivity index (χ3v) is 18.4. The predicted octanol–water partition coefficient (Wildman–Crippen LogP) is 8.84. The lowest BCUT2D eigenvalue weighted by molar-refractivity contribution is -0.165. The number of cyclic esters (lactones) is 2. The summed E-state index contributed by atoms with van der Waals surface area (Å²) in [5.74, 6) is -6.77. The first-order chi connectivity index (χ1) is 47.4. The normalized spacial score (nSPS) is 21.8. The van der Waals surface area contributed by atoms with Gasteiger partial charge in [-0.1, -0.05) is 111 Å². The lowest BCUT2D eigenvalue weighted by Crippen LogP contribution is -2.57. The van der Waals surface area contributed by atoms with Gasteiger partial charge in [-0.3, -0.25) is 43.2 Å². The van der Waals surface area contributed by atoms with Gasteiger partial charge in [0.1, 0.15) is 42.7 Å². The number of methoxy groups -OCH3 is 2. The van der Waals surface area contributed by atoms with Crippen molar-refractivity contribution in [1.29, 1.82) is 0 Å². The minimum atomic E-state index is -1.52. The molecule has 3 heterocycles. The Hall–Kier alpha value is -9.99. The summed E-state index contributed by atoms with van der Waals surface area (Å²) < 4.78 is 22.9. The van der Waals surface area contributed by atoms with Crippen molar-refractivity contribution in [1.82, 2.24) is 30.2 Å². The van der Waals surface area contributed by atoms with E-state index in [-0.39, 0.29) is 102 Å². The van der Waals surface area contributed by atoms with E-state index >= 15 is 9.59 Å². The third kappa shape index (κ3) is 20.5. The van der Waals surface area contributed by atoms with Crippen LogP contribution in [0.4, 0.5) is 5.69 Å². The molecule has 22 nitrogen and oxygen atoms in total. The van der Waals surface area contributed by atoms with Gasteiger partial charge in [-0.2, -0.15) is 0 Å². The number of nitrogens with zero attached hydrogens (tertiary/aromatic N) is 4. The second-order valence-electron chi connectivity index (χ2n) is 26.7. The van der Waals surface area contributed by atoms with Crippen molar-refractivity contribution in [3.63, 3.8) is 0 Å². The number of Topliss-reactive ketones (excluding diaryl/α,β-unsaturated/α-hetero) is 2. The van der Waals surface area contributed by atoms with Gasteiger partial charge >= 0.3 is 11.9 Å². The van der Waals surface area contributed by atoms with E-state index in [2.05, 4.69) is 16.0 Å². The van der Waals surface area contributed by atoms with Crippen LogP contribution < -0.4 is 25.4 Å². The van der Waals surface area contributed by atoms with Crippen molar-refractivity contribution < 1.29 is 71.7 Å². The van der Waals surface area contributed by atoms with E-state index < -0.39 is 101 Å². The molecule has 22 heteroatoms. The largest absolute Gasteiger partial charge is 0.493 e. The Labute approximate surface area is 579 Å². The molecule has 5 aromatic rings. The monoisotopic (exact) mass is 1360 g/mol. The molecular formula is C77H93N7O15. The van der Waals surface area contributed by atoms with Crippen LogP contribution in [0.3, 0.4) is 0 Å². The molecule has 99 heavy (non-hydrogen) atoms. The number of esters is 2. The summed E-state index contributed by atoms with van der Waals surface area (Å²) in [4.78, 5) is 163. The highest BCUT2D eigenvalue weighted by atomic mass is 16.5. The number of nitrogens with one attached hydrogen (secondary N) is 3. The Bertz CT molecular complexity index is 3730. The Morgan fingerprint density at radius 2 is 1.35 bits per heavy atom. The molecule has 0 saturated carbocycles. The fourth-order valence-corrected chi connectivity index (χ4v) is 12.7. The van der Waals surface area contributed by atoms with Crippen molar-refractivity contribution in [2.75, 3.05) is 59.9 Å². The number of fused-ring (bicyclic) bond motifs is 4. The summed E-state index contributed by atoms with van der Waals surface area (Å²) in [5.41, 5.74) is 2.52. The van der Waals surface area contributed by atoms with Crippen LogP contribution in [0, 0.1) is 11.3 Å². The molecule has 3 N–H and O–H groups in total. The molecule has 3 aliphatic rings. The first-order valence-electron chi connectivity index (χ1n) is 34.0. The number of hydrogen-bond donors (Lipinski definition) is 3. The van der Waals surface area contributed by atoms with Crippen LogP contribution >= 0.6 is 0 Å². The van der Waals surface area contributed by atoms with Gasteiger partial charge in [0.05, 0.1) is 25.6 Å². The SMILES string of the molecule is COc1ccc(CC[C@H]2OC(=O)[C@@H]3CCCCN3C(=O)C(=O)C(C)(C)COC(=O)C=CCCN(C)C(=O)[C@H](CC(C)C)N(C)C(=O)[C@H]3CCCN3C(=O)[C@H](Cc3ccc(CNC(=O)c4ccccc4)cc3)NC(=O)[C@H](c3ccccc3)CC(=O)CCC(=O)Nc3cccc2c3)cc1OC. The van der Waals surface area contributed by atoms with Crippen LogP contribution in [0.1, 0.15) is 149 Å². The maximum Gasteiger partial charge on any atom is 0.330 e. The summed E-state index contributed by atoms with van der Waals surface area (Å²) in [5, 5.41) is 8.80. The zero-order valence-electron chi connectivity index (χ0n) is 58.0. The maximum absolute atomic E-state index is 15.3. The van der Waals surface area contributed by atoms with Gasteiger partial charge < -0.3 is 54.5 Å². The number of carbonyl (C=O) groups excluding carboxylic acids is 11. The molecule has 0 spiro atoms. The van der Waals surface area contributed by atoms with Crippen LogP contribution in [0.25, 0.3) is 0 Å². The molecule has 0 aromatic heterocycles. The molecule has 0 aliphatic carbocycles. The number of hydrogen-bond acceptors (Lipinski definition) is 15. The fourth-order valence-electron chi connectivity index (χ4n) is 12.7. The van der Waals surface area contributed by atoms with Crippen LogP contribution in [-0.2, 0) is 76.8 Å². The number of anilines is 1. The topological polar surface area (TPSA) is 274 Å². The Morgan fingerprint density at radius 1 is 0.687 bits per heavy atom. The van der Waals surface area contributed by atoms with Crippen molar-refractivity contribution in [3.05, 3.63) is 173 Å². The van der Waals surface area contributed by atoms with E-state index in [0.29, 0.717) is 65.1 Å². The highest BCUT2D eigenvalue weighted by Gasteiger charge is 2.44. The van der Waals surface area contributed by atoms with Gasteiger partial charge in [-0.15, -0.1) is 0 Å². The highest BCUT2D eigenvalue weighted by molar-refractivity contribution is 6.38. The van der Waals surface area contributed by atoms with Gasteiger partial charge in [0.25, 0.3) is 11.8 Å². The van der Waals surface area contributed by atoms with Crippen molar-refractivity contribution in [2.24, 2.45) is 11.3 Å². The van der Waals surface area contributed by atoms with E-state index in [1.807, 2.05) is 44.2 Å². The standard InChI is InChI=1S/C77H93N7O15/c1-50(2)43-63-73(92)81(5)40-17-16-29-68(87)98-49-77(3,4)69(88)75(94)84-41-18-15-27-62(84)76(95)99-64(37-34-52-35-38-65(96-7)66(45-52)97-8)56-25-19-26-57(46-56)79-67(86)39-36-58(85)47-59(54-21-11-9-12-22-54)71(90)80-60(72(91)83-42-20-28-61(83)74(93)82(63)6)44-51-30-32-53(33-31-51)48-78-70(89)55-23-13-10-14-24-55/h9-14,16,19,21-26,29-33,35,38,45-46,50,59-64H,15,17-18,20,27-28,34,36-37,39-44,47-49H2,1-8H3,(H,78,89)(H,79,86)(H,80,90)/t59-,60-,61+,62-,63-,64+/m0/s1. The summed E-state index contributed by atoms with van der Waals surface area (Å²) >= 11 is 0. The van der Waals surface area contributed by atoms with Gasteiger partial charge in [0.15, 0.2) is 11.5 Å². The first-order valence-corrected chi connectivity index (χ1v) is 34.0. The molecule has 0 unspecified atom stereocenters. The second kappa shape index (κ2) is 35.5. The number of amides is 7. The molecule has 2 fully saturated rings. The zero-order chi connectivity index (χ0) is 71.3. The van der Waals surface area contributed by atoms with Crippen molar-refractivity contribution in [2.45, 2.75) is 154 Å². The lowest BCUT2D eigenvalue weighted by atomic mass is 9.87. The van der Waals surface area contributed by atoms with Crippen molar-refractivity contribution in [3.8, 4) is 11.5 Å². The minimum absolute atomic E-state index is 0.0321. The van der Waals surface area contributed by atoms with Crippen LogP contribution in [0.5, 0.6) is 11.5 Å². The summed E-state index contributed by atoms with van der Waals surface area (Å²) in [6.45, 7) is 6.93. The van der Waals surface area contributed by atoms with E-state index in [9.17, 15) is 43.2 Å². The molecule has 526 valence electrons. The van der Waals surface area contributed by atoms with Gasteiger partial charge in [-0.25, -0.2) is 9.59 Å². The minimum Gasteiger partial charge on any atom is -0.493 e. The number of piperidine rings is 1. The number of benzene rings is 5. The van der Waals surface area contributed by atoms with E-state index in [1.54, 1.807) is 111 Å². The van der Waals surface area contributed by atoms with E-state index in [0.717, 1.165) is 11.1 Å². The summed E-state index contributed by atoms with van der Waals surface area (Å²) in [6.07, 6.45) is 3.86. The summed E-state index contributed by atoms with van der Waals surface area (Å²) in [6, 6.07) is 32.4. The number of likely N-dealkylation sites (N-methyl/N-ethyl adjacent to an activating group) is 2. The number of rotatable bonds is 13.